The third-order valence-electron chi connectivity index (χ3n) is 4.06. The molecule has 23 heavy (non-hydrogen) atoms. The lowest BCUT2D eigenvalue weighted by Gasteiger charge is -2.29. The molecular formula is C17H23N5O. The Morgan fingerprint density at radius 2 is 2.22 bits per heavy atom. The first-order valence-corrected chi connectivity index (χ1v) is 7.78. The van der Waals surface area contributed by atoms with Gasteiger partial charge in [-0.1, -0.05) is 0 Å². The van der Waals surface area contributed by atoms with E-state index >= 15 is 0 Å². The van der Waals surface area contributed by atoms with Gasteiger partial charge < -0.3 is 15.8 Å². The number of hydrogen-bond acceptors (Lipinski definition) is 6. The van der Waals surface area contributed by atoms with Crippen LogP contribution in [0.5, 0.6) is 0 Å². The standard InChI is InChI=1S/C17H23N5O/c1-12-7-17(21-13(2)16(12)9-19)20-10-14(8-18)11-22-5-3-15(23)4-6-22/h7-8,10,15,18,23H,3-6,11H2,1-2H3,(H,20,21)/b14-10+,18-8?. The summed E-state index contributed by atoms with van der Waals surface area (Å²) in [4.78, 5) is 6.60. The van der Waals surface area contributed by atoms with Gasteiger partial charge in [0.15, 0.2) is 0 Å². The number of nitrogens with zero attached hydrogens (tertiary/aromatic N) is 3. The first-order chi connectivity index (χ1) is 11.0. The molecule has 3 N–H and O–H groups in total. The first-order valence-electron chi connectivity index (χ1n) is 7.78. The SMILES string of the molecule is Cc1cc(N/C=C(\C=N)CN2CCC(O)CC2)nc(C)c1C#N. The smallest absolute Gasteiger partial charge is 0.130 e. The number of aryl methyl sites for hydroxylation is 2. The Bertz CT molecular complexity index is 616. The molecule has 0 bridgehead atoms. The fraction of sp³-hybridized carbons (Fsp3) is 0.471. The van der Waals surface area contributed by atoms with Gasteiger partial charge >= 0.3 is 0 Å². The van der Waals surface area contributed by atoms with E-state index in [1.165, 1.54) is 6.21 Å². The second-order valence-electron chi connectivity index (χ2n) is 5.91. The van der Waals surface area contributed by atoms with Crippen LogP contribution >= 0.6 is 0 Å². The minimum Gasteiger partial charge on any atom is -0.393 e. The molecule has 0 aliphatic carbocycles. The van der Waals surface area contributed by atoms with Gasteiger partial charge in [0, 0.05) is 32.0 Å². The van der Waals surface area contributed by atoms with Gasteiger partial charge in [-0.05, 0) is 43.9 Å². The highest BCUT2D eigenvalue weighted by atomic mass is 16.3. The molecule has 1 aliphatic rings. The number of aliphatic hydroxyl groups is 1. The first kappa shape index (κ1) is 17.1. The Kier molecular flexibility index (Phi) is 5.85. The van der Waals surface area contributed by atoms with Gasteiger partial charge in [-0.25, -0.2) is 4.98 Å². The molecule has 0 atom stereocenters. The van der Waals surface area contributed by atoms with Crippen LogP contribution in [-0.4, -0.2) is 46.9 Å². The van der Waals surface area contributed by atoms with E-state index in [0.29, 0.717) is 23.6 Å². The predicted octanol–water partition coefficient (Wildman–Crippen LogP) is 1.97. The van der Waals surface area contributed by atoms with Crippen LogP contribution in [0.4, 0.5) is 5.82 Å². The summed E-state index contributed by atoms with van der Waals surface area (Å²) in [5.74, 6) is 0.674. The normalized spacial score (nSPS) is 16.9. The van der Waals surface area contributed by atoms with Crippen molar-refractivity contribution in [3.05, 3.63) is 34.7 Å². The van der Waals surface area contributed by atoms with E-state index in [0.717, 1.165) is 37.1 Å². The van der Waals surface area contributed by atoms with Crippen molar-refractivity contribution in [3.63, 3.8) is 0 Å². The summed E-state index contributed by atoms with van der Waals surface area (Å²) in [7, 11) is 0. The van der Waals surface area contributed by atoms with Crippen molar-refractivity contribution < 1.29 is 5.11 Å². The molecule has 2 heterocycles. The molecule has 6 nitrogen and oxygen atoms in total. The van der Waals surface area contributed by atoms with Crippen LogP contribution in [0.25, 0.3) is 0 Å². The number of piperidine rings is 1. The van der Waals surface area contributed by atoms with Crippen LogP contribution in [0.15, 0.2) is 17.8 Å². The van der Waals surface area contributed by atoms with Crippen LogP contribution in [0.1, 0.15) is 29.7 Å². The highest BCUT2D eigenvalue weighted by Gasteiger charge is 2.17. The lowest BCUT2D eigenvalue weighted by molar-refractivity contribution is 0.0875. The van der Waals surface area contributed by atoms with Crippen molar-refractivity contribution in [1.29, 1.82) is 10.7 Å². The van der Waals surface area contributed by atoms with Crippen LogP contribution < -0.4 is 5.32 Å². The molecule has 1 fully saturated rings. The Hall–Kier alpha value is -2.23. The Balaban J connectivity index is 2.02. The Morgan fingerprint density at radius 1 is 1.52 bits per heavy atom. The molecule has 122 valence electrons. The van der Waals surface area contributed by atoms with Crippen molar-refractivity contribution in [1.82, 2.24) is 9.88 Å². The minimum atomic E-state index is -0.189. The number of nitriles is 1. The predicted molar refractivity (Wildman–Crippen MR) is 90.6 cm³/mol. The zero-order chi connectivity index (χ0) is 16.8. The zero-order valence-corrected chi connectivity index (χ0v) is 13.6. The molecular weight excluding hydrogens is 290 g/mol. The zero-order valence-electron chi connectivity index (χ0n) is 13.6. The minimum absolute atomic E-state index is 0.189. The molecule has 0 aromatic carbocycles. The molecule has 0 radical (unpaired) electrons. The topological polar surface area (TPSA) is 96.0 Å². The average molecular weight is 313 g/mol. The molecule has 2 rings (SSSR count). The van der Waals surface area contributed by atoms with Gasteiger partial charge in [-0.15, -0.1) is 0 Å². The lowest BCUT2D eigenvalue weighted by Crippen LogP contribution is -2.37. The number of rotatable bonds is 5. The van der Waals surface area contributed by atoms with E-state index in [4.69, 9.17) is 10.7 Å². The monoisotopic (exact) mass is 313 g/mol. The fourth-order valence-corrected chi connectivity index (χ4v) is 2.71. The van der Waals surface area contributed by atoms with Crippen LogP contribution in [-0.2, 0) is 0 Å². The summed E-state index contributed by atoms with van der Waals surface area (Å²) < 4.78 is 0. The molecule has 1 saturated heterocycles. The molecule has 0 unspecified atom stereocenters. The molecule has 0 saturated carbocycles. The quantitative estimate of drug-likeness (QED) is 0.722. The largest absolute Gasteiger partial charge is 0.393 e. The lowest BCUT2D eigenvalue weighted by atomic mass is 10.1. The molecule has 0 spiro atoms. The van der Waals surface area contributed by atoms with Crippen LogP contribution in [0, 0.1) is 30.6 Å². The number of anilines is 1. The summed E-state index contributed by atoms with van der Waals surface area (Å²) in [6, 6.07) is 3.99. The van der Waals surface area contributed by atoms with Gasteiger partial charge in [0.1, 0.15) is 11.9 Å². The molecule has 1 aliphatic heterocycles. The van der Waals surface area contributed by atoms with Gasteiger partial charge in [-0.3, -0.25) is 4.90 Å². The molecule has 1 aromatic rings. The van der Waals surface area contributed by atoms with E-state index < -0.39 is 0 Å². The second-order valence-corrected chi connectivity index (χ2v) is 5.91. The number of hydrogen-bond donors (Lipinski definition) is 3. The average Bonchev–Trinajstić information content (AvgIpc) is 2.53. The van der Waals surface area contributed by atoms with Gasteiger partial charge in [0.25, 0.3) is 0 Å². The molecule has 1 aromatic heterocycles. The van der Waals surface area contributed by atoms with E-state index in [1.807, 2.05) is 19.9 Å². The van der Waals surface area contributed by atoms with Gasteiger partial charge in [-0.2, -0.15) is 5.26 Å². The number of likely N-dealkylation sites (tertiary alicyclic amines) is 1. The van der Waals surface area contributed by atoms with E-state index in [-0.39, 0.29) is 6.10 Å². The van der Waals surface area contributed by atoms with Crippen molar-refractivity contribution in [2.24, 2.45) is 0 Å². The second kappa shape index (κ2) is 7.86. The number of aromatic nitrogens is 1. The third kappa shape index (κ3) is 4.62. The van der Waals surface area contributed by atoms with Crippen molar-refractivity contribution >= 4 is 12.0 Å². The summed E-state index contributed by atoms with van der Waals surface area (Å²) >= 11 is 0. The van der Waals surface area contributed by atoms with Crippen LogP contribution in [0.3, 0.4) is 0 Å². The fourth-order valence-electron chi connectivity index (χ4n) is 2.71. The maximum absolute atomic E-state index is 9.54. The third-order valence-corrected chi connectivity index (χ3v) is 4.06. The highest BCUT2D eigenvalue weighted by molar-refractivity contribution is 5.77. The highest BCUT2D eigenvalue weighted by Crippen LogP contribution is 2.16. The molecule has 6 heteroatoms. The Labute approximate surface area is 137 Å². The van der Waals surface area contributed by atoms with Gasteiger partial charge in [0.2, 0.25) is 0 Å². The Morgan fingerprint density at radius 3 is 2.78 bits per heavy atom. The van der Waals surface area contributed by atoms with Crippen molar-refractivity contribution in [2.45, 2.75) is 32.8 Å². The summed E-state index contributed by atoms with van der Waals surface area (Å²) in [5, 5.41) is 29.3. The van der Waals surface area contributed by atoms with E-state index in [2.05, 4.69) is 21.3 Å². The van der Waals surface area contributed by atoms with E-state index in [9.17, 15) is 5.11 Å². The molecule has 0 amide bonds. The summed E-state index contributed by atoms with van der Waals surface area (Å²) in [6.07, 6.45) is 4.50. The number of pyridine rings is 1. The summed E-state index contributed by atoms with van der Waals surface area (Å²) in [6.45, 7) is 6.08. The maximum atomic E-state index is 9.54. The van der Waals surface area contributed by atoms with E-state index in [1.54, 1.807) is 6.20 Å². The maximum Gasteiger partial charge on any atom is 0.130 e. The van der Waals surface area contributed by atoms with Crippen molar-refractivity contribution in [2.75, 3.05) is 25.0 Å². The van der Waals surface area contributed by atoms with Crippen molar-refractivity contribution in [3.8, 4) is 6.07 Å². The van der Waals surface area contributed by atoms with Gasteiger partial charge in [0.05, 0.1) is 17.4 Å². The number of nitrogens with one attached hydrogen (secondary N) is 2. The van der Waals surface area contributed by atoms with Crippen LogP contribution in [0.2, 0.25) is 0 Å². The summed E-state index contributed by atoms with van der Waals surface area (Å²) in [5.41, 5.74) is 3.05. The number of aliphatic hydroxyl groups excluding tert-OH is 1.